The molecule has 2 rings (SSSR count). The van der Waals surface area contributed by atoms with E-state index in [0.29, 0.717) is 11.5 Å². The van der Waals surface area contributed by atoms with Crippen molar-refractivity contribution in [2.75, 3.05) is 6.61 Å². The molecule has 0 heterocycles. The maximum Gasteiger partial charge on any atom is 0.251 e. The first-order valence-electron chi connectivity index (χ1n) is 7.61. The van der Waals surface area contributed by atoms with Gasteiger partial charge < -0.3 is 10.4 Å². The highest BCUT2D eigenvalue weighted by Gasteiger charge is 2.21. The van der Waals surface area contributed by atoms with Gasteiger partial charge >= 0.3 is 0 Å². The number of aliphatic hydroxyl groups is 1. The maximum atomic E-state index is 12.5. The minimum absolute atomic E-state index is 0.0146. The van der Waals surface area contributed by atoms with Crippen molar-refractivity contribution in [3.63, 3.8) is 0 Å². The molecule has 1 amide bonds. The quantitative estimate of drug-likeness (QED) is 0.821. The molecule has 1 aliphatic carbocycles. The van der Waals surface area contributed by atoms with Crippen LogP contribution >= 0.6 is 0 Å². The number of amides is 1. The van der Waals surface area contributed by atoms with E-state index >= 15 is 0 Å². The van der Waals surface area contributed by atoms with Gasteiger partial charge in [0.25, 0.3) is 5.91 Å². The fourth-order valence-electron chi connectivity index (χ4n) is 2.91. The van der Waals surface area contributed by atoms with E-state index < -0.39 is 0 Å². The number of hydrogen-bond acceptors (Lipinski definition) is 2. The predicted octanol–water partition coefficient (Wildman–Crippen LogP) is 2.65. The van der Waals surface area contributed by atoms with Crippen LogP contribution in [0.4, 0.5) is 0 Å². The molecule has 0 bridgehead atoms. The van der Waals surface area contributed by atoms with E-state index in [1.807, 2.05) is 19.1 Å². The number of hydrogen-bond donors (Lipinski definition) is 2. The van der Waals surface area contributed by atoms with Gasteiger partial charge in [0.15, 0.2) is 0 Å². The molecule has 3 heteroatoms. The van der Waals surface area contributed by atoms with Crippen molar-refractivity contribution in [1.29, 1.82) is 0 Å². The van der Waals surface area contributed by atoms with E-state index in [-0.39, 0.29) is 18.6 Å². The van der Waals surface area contributed by atoms with Crippen LogP contribution < -0.4 is 5.32 Å². The smallest absolute Gasteiger partial charge is 0.251 e. The van der Waals surface area contributed by atoms with Gasteiger partial charge in [-0.3, -0.25) is 4.79 Å². The molecule has 1 aromatic rings. The van der Waals surface area contributed by atoms with Gasteiger partial charge in [0.2, 0.25) is 0 Å². The molecule has 0 aliphatic heterocycles. The van der Waals surface area contributed by atoms with Crippen LogP contribution in [0.1, 0.15) is 54.1 Å². The van der Waals surface area contributed by atoms with E-state index in [1.165, 1.54) is 12.8 Å². The molecule has 112 valence electrons. The lowest BCUT2D eigenvalue weighted by Crippen LogP contribution is -2.38. The number of benzene rings is 1. The summed E-state index contributed by atoms with van der Waals surface area (Å²) in [6.45, 7) is 4.01. The van der Waals surface area contributed by atoms with E-state index in [9.17, 15) is 4.79 Å². The normalized spacial score (nSPS) is 21.3. The first-order valence-corrected chi connectivity index (χ1v) is 7.61. The average Bonchev–Trinajstić information content (AvgIpc) is 2.46. The Kier molecular flexibility index (Phi) is 5.41. The molecule has 2 unspecified atom stereocenters. The molecule has 1 fully saturated rings. The van der Waals surface area contributed by atoms with Crippen molar-refractivity contribution in [2.24, 2.45) is 5.92 Å². The highest BCUT2D eigenvalue weighted by atomic mass is 16.2. The Balaban J connectivity index is 2.10. The van der Waals surface area contributed by atoms with Crippen molar-refractivity contribution in [1.82, 2.24) is 5.32 Å². The molecule has 1 aromatic carbocycles. The van der Waals surface area contributed by atoms with Crippen molar-refractivity contribution < 1.29 is 9.90 Å². The monoisotopic (exact) mass is 285 g/mol. The van der Waals surface area contributed by atoms with Gasteiger partial charge in [-0.1, -0.05) is 37.7 Å². The lowest BCUT2D eigenvalue weighted by Gasteiger charge is -2.27. The molecule has 0 spiro atoms. The van der Waals surface area contributed by atoms with Crippen LogP contribution in [0.15, 0.2) is 18.2 Å². The predicted molar refractivity (Wildman–Crippen MR) is 84.0 cm³/mol. The third-order valence-corrected chi connectivity index (χ3v) is 4.07. The zero-order chi connectivity index (χ0) is 15.2. The third kappa shape index (κ3) is 4.34. The summed E-state index contributed by atoms with van der Waals surface area (Å²) in [5.41, 5.74) is 2.39. The van der Waals surface area contributed by atoms with Gasteiger partial charge in [0, 0.05) is 17.2 Å². The fraction of sp³-hybridized carbons (Fsp3) is 0.500. The number of aliphatic hydroxyl groups excluding tert-OH is 1. The Labute approximate surface area is 126 Å². The molecule has 2 atom stereocenters. The Morgan fingerprint density at radius 1 is 1.43 bits per heavy atom. The van der Waals surface area contributed by atoms with Gasteiger partial charge in [-0.2, -0.15) is 0 Å². The molecule has 0 radical (unpaired) electrons. The number of aryl methyl sites for hydroxylation is 1. The Hall–Kier alpha value is -1.79. The molecule has 0 saturated heterocycles. The van der Waals surface area contributed by atoms with Gasteiger partial charge in [-0.05, 0) is 43.4 Å². The van der Waals surface area contributed by atoms with Crippen LogP contribution in [0.5, 0.6) is 0 Å². The summed E-state index contributed by atoms with van der Waals surface area (Å²) in [5, 5.41) is 11.9. The maximum absolute atomic E-state index is 12.5. The lowest BCUT2D eigenvalue weighted by molar-refractivity contribution is 0.0920. The molecular formula is C18H23NO2. The summed E-state index contributed by atoms with van der Waals surface area (Å²) in [4.78, 5) is 12.5. The van der Waals surface area contributed by atoms with E-state index in [4.69, 9.17) is 5.11 Å². The standard InChI is InChI=1S/C18H23NO2/c1-13-5-3-7-16(11-13)19-18(21)17-12-15(6-4-10-20)9-8-14(17)2/h8-9,12-13,16,20H,3,5,7,10-11H2,1-2H3,(H,19,21). The van der Waals surface area contributed by atoms with Crippen LogP contribution in [-0.2, 0) is 0 Å². The number of rotatable bonds is 2. The largest absolute Gasteiger partial charge is 0.384 e. The SMILES string of the molecule is Cc1ccc(C#CCO)cc1C(=O)NC1CCCC(C)C1. The first-order chi connectivity index (χ1) is 10.1. The van der Waals surface area contributed by atoms with Gasteiger partial charge in [-0.25, -0.2) is 0 Å². The van der Waals surface area contributed by atoms with Crippen LogP contribution in [-0.4, -0.2) is 23.7 Å². The lowest BCUT2D eigenvalue weighted by atomic mass is 9.87. The van der Waals surface area contributed by atoms with Gasteiger partial charge in [0.1, 0.15) is 6.61 Å². The zero-order valence-electron chi connectivity index (χ0n) is 12.8. The Morgan fingerprint density at radius 2 is 2.24 bits per heavy atom. The highest BCUT2D eigenvalue weighted by Crippen LogP contribution is 2.24. The van der Waals surface area contributed by atoms with E-state index in [1.54, 1.807) is 6.07 Å². The van der Waals surface area contributed by atoms with E-state index in [2.05, 4.69) is 24.1 Å². The summed E-state index contributed by atoms with van der Waals surface area (Å²) in [6.07, 6.45) is 4.58. The van der Waals surface area contributed by atoms with Crippen LogP contribution in [0, 0.1) is 24.7 Å². The second-order valence-corrected chi connectivity index (χ2v) is 5.93. The van der Waals surface area contributed by atoms with Crippen molar-refractivity contribution >= 4 is 5.91 Å². The van der Waals surface area contributed by atoms with Gasteiger partial charge in [-0.15, -0.1) is 0 Å². The minimum atomic E-state index is -0.171. The highest BCUT2D eigenvalue weighted by molar-refractivity contribution is 5.96. The van der Waals surface area contributed by atoms with E-state index in [0.717, 1.165) is 24.0 Å². The zero-order valence-corrected chi connectivity index (χ0v) is 12.8. The minimum Gasteiger partial charge on any atom is -0.384 e. The van der Waals surface area contributed by atoms with Crippen molar-refractivity contribution in [3.05, 3.63) is 34.9 Å². The number of nitrogens with one attached hydrogen (secondary N) is 1. The Morgan fingerprint density at radius 3 is 2.95 bits per heavy atom. The fourth-order valence-corrected chi connectivity index (χ4v) is 2.91. The van der Waals surface area contributed by atoms with Crippen molar-refractivity contribution in [2.45, 2.75) is 45.6 Å². The molecule has 2 N–H and O–H groups in total. The second kappa shape index (κ2) is 7.28. The van der Waals surface area contributed by atoms with Crippen molar-refractivity contribution in [3.8, 4) is 11.8 Å². The summed E-state index contributed by atoms with van der Waals surface area (Å²) >= 11 is 0. The molecular weight excluding hydrogens is 262 g/mol. The van der Waals surface area contributed by atoms with Crippen LogP contribution in [0.2, 0.25) is 0 Å². The number of carbonyl (C=O) groups is 1. The molecule has 1 aliphatic rings. The first kappa shape index (κ1) is 15.6. The van der Waals surface area contributed by atoms with Crippen LogP contribution in [0.3, 0.4) is 0 Å². The average molecular weight is 285 g/mol. The molecule has 1 saturated carbocycles. The topological polar surface area (TPSA) is 49.3 Å². The second-order valence-electron chi connectivity index (χ2n) is 5.93. The number of carbonyl (C=O) groups excluding carboxylic acids is 1. The third-order valence-electron chi connectivity index (χ3n) is 4.07. The Bertz CT molecular complexity index is 568. The molecule has 3 nitrogen and oxygen atoms in total. The summed E-state index contributed by atoms with van der Waals surface area (Å²) in [6, 6.07) is 5.87. The van der Waals surface area contributed by atoms with Crippen LogP contribution in [0.25, 0.3) is 0 Å². The van der Waals surface area contributed by atoms with Gasteiger partial charge in [0.05, 0.1) is 0 Å². The molecule has 0 aromatic heterocycles. The summed E-state index contributed by atoms with van der Waals surface area (Å²) in [5.74, 6) is 6.13. The summed E-state index contributed by atoms with van der Waals surface area (Å²) in [7, 11) is 0. The summed E-state index contributed by atoms with van der Waals surface area (Å²) < 4.78 is 0. The molecule has 21 heavy (non-hydrogen) atoms.